The minimum absolute atomic E-state index is 0.0577. The van der Waals surface area contributed by atoms with Crippen molar-refractivity contribution in [2.45, 2.75) is 31.7 Å². The van der Waals surface area contributed by atoms with E-state index in [0.29, 0.717) is 11.1 Å². The number of nitrogens with one attached hydrogen (secondary N) is 2. The minimum atomic E-state index is -0.656. The Morgan fingerprint density at radius 3 is 2.40 bits per heavy atom. The number of fused-ring (bicyclic) bond motifs is 1. The molecule has 1 heterocycles. The SMILES string of the molecule is N#CC(C(=O)NC1CCCC1)=C1N=C(NC(=O)c2ccccc2F)c2ccccc21. The first kappa shape index (κ1) is 19.5. The first-order valence-corrected chi connectivity index (χ1v) is 9.78. The van der Waals surface area contributed by atoms with Crippen LogP contribution < -0.4 is 10.6 Å². The number of hydrogen-bond donors (Lipinski definition) is 2. The van der Waals surface area contributed by atoms with Gasteiger partial charge in [-0.3, -0.25) is 9.59 Å². The fourth-order valence-electron chi connectivity index (χ4n) is 3.77. The number of amidine groups is 1. The summed E-state index contributed by atoms with van der Waals surface area (Å²) in [5.41, 5.74) is 1.12. The van der Waals surface area contributed by atoms with Gasteiger partial charge in [0.15, 0.2) is 0 Å². The van der Waals surface area contributed by atoms with Gasteiger partial charge in [-0.15, -0.1) is 0 Å². The van der Waals surface area contributed by atoms with Gasteiger partial charge in [0, 0.05) is 17.2 Å². The van der Waals surface area contributed by atoms with Gasteiger partial charge < -0.3 is 10.6 Å². The highest BCUT2D eigenvalue weighted by Crippen LogP contribution is 2.31. The van der Waals surface area contributed by atoms with Crippen LogP contribution in [-0.4, -0.2) is 23.7 Å². The Labute approximate surface area is 173 Å². The van der Waals surface area contributed by atoms with E-state index in [0.717, 1.165) is 25.7 Å². The van der Waals surface area contributed by atoms with Gasteiger partial charge in [0.1, 0.15) is 23.3 Å². The van der Waals surface area contributed by atoms with Crippen LogP contribution in [0.4, 0.5) is 4.39 Å². The summed E-state index contributed by atoms with van der Waals surface area (Å²) in [6.45, 7) is 0. The predicted octanol–water partition coefficient (Wildman–Crippen LogP) is 3.31. The highest BCUT2D eigenvalue weighted by Gasteiger charge is 2.29. The lowest BCUT2D eigenvalue weighted by atomic mass is 10.0. The van der Waals surface area contributed by atoms with Crippen LogP contribution in [0.5, 0.6) is 0 Å². The van der Waals surface area contributed by atoms with Crippen molar-refractivity contribution in [3.63, 3.8) is 0 Å². The second kappa shape index (κ2) is 8.29. The number of amides is 2. The van der Waals surface area contributed by atoms with Gasteiger partial charge in [0.2, 0.25) is 0 Å². The average Bonchev–Trinajstić information content (AvgIpc) is 3.38. The van der Waals surface area contributed by atoms with Crippen molar-refractivity contribution >= 4 is 23.3 Å². The minimum Gasteiger partial charge on any atom is -0.349 e. The zero-order chi connectivity index (χ0) is 21.1. The second-order valence-electron chi connectivity index (χ2n) is 7.23. The molecule has 2 aromatic carbocycles. The fraction of sp³-hybridized carbons (Fsp3) is 0.217. The van der Waals surface area contributed by atoms with E-state index in [1.807, 2.05) is 6.07 Å². The van der Waals surface area contributed by atoms with Gasteiger partial charge in [-0.1, -0.05) is 49.2 Å². The van der Waals surface area contributed by atoms with Crippen molar-refractivity contribution in [1.29, 1.82) is 5.26 Å². The smallest absolute Gasteiger partial charge is 0.264 e. The van der Waals surface area contributed by atoms with Crippen LogP contribution in [0.2, 0.25) is 0 Å². The van der Waals surface area contributed by atoms with Gasteiger partial charge >= 0.3 is 0 Å². The molecule has 30 heavy (non-hydrogen) atoms. The van der Waals surface area contributed by atoms with E-state index < -0.39 is 17.6 Å². The normalized spacial score (nSPS) is 17.0. The number of carbonyl (C=O) groups excluding carboxylic acids is 2. The molecular formula is C23H19FN4O2. The zero-order valence-electron chi connectivity index (χ0n) is 16.1. The van der Waals surface area contributed by atoms with E-state index in [1.54, 1.807) is 30.3 Å². The van der Waals surface area contributed by atoms with Crippen LogP contribution in [0.25, 0.3) is 5.70 Å². The number of halogens is 1. The molecule has 6 nitrogen and oxygen atoms in total. The number of nitriles is 1. The van der Waals surface area contributed by atoms with E-state index in [-0.39, 0.29) is 28.7 Å². The molecule has 7 heteroatoms. The summed E-state index contributed by atoms with van der Waals surface area (Å²) in [4.78, 5) is 29.6. The van der Waals surface area contributed by atoms with Gasteiger partial charge in [-0.25, -0.2) is 9.38 Å². The molecule has 1 fully saturated rings. The van der Waals surface area contributed by atoms with Crippen LogP contribution in [0.3, 0.4) is 0 Å². The topological polar surface area (TPSA) is 94.3 Å². The summed E-state index contributed by atoms with van der Waals surface area (Å²) in [5, 5.41) is 15.2. The summed E-state index contributed by atoms with van der Waals surface area (Å²) >= 11 is 0. The highest BCUT2D eigenvalue weighted by atomic mass is 19.1. The molecule has 0 bridgehead atoms. The molecule has 4 rings (SSSR count). The molecule has 0 aromatic heterocycles. The Kier molecular flexibility index (Phi) is 5.40. The van der Waals surface area contributed by atoms with Gasteiger partial charge in [-0.2, -0.15) is 5.26 Å². The fourth-order valence-corrected chi connectivity index (χ4v) is 3.77. The molecule has 2 aliphatic rings. The molecule has 1 aliphatic carbocycles. The van der Waals surface area contributed by atoms with E-state index in [2.05, 4.69) is 15.6 Å². The quantitative estimate of drug-likeness (QED) is 0.609. The maximum Gasteiger partial charge on any atom is 0.264 e. The molecule has 2 aromatic rings. The largest absolute Gasteiger partial charge is 0.349 e. The van der Waals surface area contributed by atoms with Crippen LogP contribution in [0.15, 0.2) is 59.1 Å². The third-order valence-electron chi connectivity index (χ3n) is 5.28. The van der Waals surface area contributed by atoms with Crippen LogP contribution in [0.1, 0.15) is 47.2 Å². The van der Waals surface area contributed by atoms with Crippen molar-refractivity contribution in [3.8, 4) is 6.07 Å². The first-order valence-electron chi connectivity index (χ1n) is 9.78. The van der Waals surface area contributed by atoms with Crippen molar-refractivity contribution in [1.82, 2.24) is 10.6 Å². The molecule has 0 saturated heterocycles. The molecule has 0 spiro atoms. The summed E-state index contributed by atoms with van der Waals surface area (Å²) in [6.07, 6.45) is 3.89. The Morgan fingerprint density at radius 2 is 1.70 bits per heavy atom. The van der Waals surface area contributed by atoms with E-state index in [4.69, 9.17) is 0 Å². The molecular weight excluding hydrogens is 383 g/mol. The third kappa shape index (κ3) is 3.72. The Hall–Kier alpha value is -3.79. The van der Waals surface area contributed by atoms with Crippen molar-refractivity contribution in [3.05, 3.63) is 76.6 Å². The summed E-state index contributed by atoms with van der Waals surface area (Å²) in [6, 6.07) is 14.6. The summed E-state index contributed by atoms with van der Waals surface area (Å²) in [7, 11) is 0. The Bertz CT molecular complexity index is 1120. The van der Waals surface area contributed by atoms with Crippen LogP contribution >= 0.6 is 0 Å². The Balaban J connectivity index is 1.68. The highest BCUT2D eigenvalue weighted by molar-refractivity contribution is 6.20. The molecule has 0 radical (unpaired) electrons. The number of hydrogen-bond acceptors (Lipinski definition) is 4. The van der Waals surface area contributed by atoms with E-state index in [9.17, 15) is 19.2 Å². The molecule has 0 unspecified atom stereocenters. The van der Waals surface area contributed by atoms with Gasteiger partial charge in [0.25, 0.3) is 11.8 Å². The van der Waals surface area contributed by atoms with Crippen molar-refractivity contribution in [2.75, 3.05) is 0 Å². The van der Waals surface area contributed by atoms with Crippen LogP contribution in [-0.2, 0) is 4.79 Å². The number of carbonyl (C=O) groups is 2. The number of nitrogens with zero attached hydrogens (tertiary/aromatic N) is 2. The lowest BCUT2D eigenvalue weighted by molar-refractivity contribution is -0.117. The lowest BCUT2D eigenvalue weighted by Gasteiger charge is -2.11. The third-order valence-corrected chi connectivity index (χ3v) is 5.28. The molecule has 1 saturated carbocycles. The molecule has 150 valence electrons. The maximum atomic E-state index is 14.0. The molecule has 2 N–H and O–H groups in total. The molecule has 1 aliphatic heterocycles. The first-order chi connectivity index (χ1) is 14.6. The van der Waals surface area contributed by atoms with Gasteiger partial charge in [0.05, 0.1) is 11.3 Å². The van der Waals surface area contributed by atoms with E-state index in [1.165, 1.54) is 18.2 Å². The summed E-state index contributed by atoms with van der Waals surface area (Å²) < 4.78 is 14.0. The van der Waals surface area contributed by atoms with Crippen molar-refractivity contribution < 1.29 is 14.0 Å². The van der Waals surface area contributed by atoms with Crippen LogP contribution in [0, 0.1) is 17.1 Å². The standard InChI is InChI=1S/C23H19FN4O2/c24-19-12-6-5-11-17(19)22(29)28-21-16-10-4-3-9-15(16)20(27-21)18(13-25)23(30)26-14-7-1-2-8-14/h3-6,9-12,14H,1-2,7-8H2,(H,26,30)(H,27,28,29). The average molecular weight is 402 g/mol. The molecule has 2 amide bonds. The number of rotatable bonds is 3. The second-order valence-corrected chi connectivity index (χ2v) is 7.23. The predicted molar refractivity (Wildman–Crippen MR) is 110 cm³/mol. The summed E-state index contributed by atoms with van der Waals surface area (Å²) in [5.74, 6) is -1.60. The van der Waals surface area contributed by atoms with E-state index >= 15 is 0 Å². The lowest BCUT2D eigenvalue weighted by Crippen LogP contribution is -2.33. The molecule has 0 atom stereocenters. The van der Waals surface area contributed by atoms with Gasteiger partial charge in [-0.05, 0) is 25.0 Å². The Morgan fingerprint density at radius 1 is 1.03 bits per heavy atom. The number of aliphatic imine (C=N–C) groups is 1. The van der Waals surface area contributed by atoms with Crippen molar-refractivity contribution in [2.24, 2.45) is 4.99 Å². The maximum absolute atomic E-state index is 14.0. The number of benzene rings is 2. The monoisotopic (exact) mass is 402 g/mol. The zero-order valence-corrected chi connectivity index (χ0v) is 16.1.